The summed E-state index contributed by atoms with van der Waals surface area (Å²) in [5.74, 6) is -0.178. The van der Waals surface area contributed by atoms with E-state index in [0.717, 1.165) is 44.0 Å². The summed E-state index contributed by atoms with van der Waals surface area (Å²) in [5.41, 5.74) is 5.93. The largest absolute Gasteiger partial charge is 0.488 e. The van der Waals surface area contributed by atoms with Crippen molar-refractivity contribution in [3.8, 4) is 22.7 Å². The second-order valence-electron chi connectivity index (χ2n) is 7.47. The number of aromatic nitrogens is 1. The van der Waals surface area contributed by atoms with E-state index in [1.165, 1.54) is 0 Å². The molecule has 0 spiro atoms. The van der Waals surface area contributed by atoms with Crippen molar-refractivity contribution >= 4 is 21.9 Å². The number of halogens is 1. The summed E-state index contributed by atoms with van der Waals surface area (Å²) in [5, 5.41) is 9.51. The topological polar surface area (TPSA) is 51.5 Å². The first-order chi connectivity index (χ1) is 14.9. The quantitative estimate of drug-likeness (QED) is 0.333. The van der Waals surface area contributed by atoms with Crippen LogP contribution in [-0.4, -0.2) is 15.6 Å². The number of hydrogen-bond acceptors (Lipinski definition) is 2. The molecule has 156 valence electrons. The number of hydrogen-bond donors (Lipinski definition) is 1. The van der Waals surface area contributed by atoms with Crippen LogP contribution in [0.5, 0.6) is 5.75 Å². The van der Waals surface area contributed by atoms with Crippen LogP contribution < -0.4 is 4.74 Å². The zero-order valence-corrected chi connectivity index (χ0v) is 18.9. The monoisotopic (exact) mass is 475 g/mol. The minimum Gasteiger partial charge on any atom is -0.488 e. The molecule has 0 unspecified atom stereocenters. The van der Waals surface area contributed by atoms with Crippen LogP contribution in [0.15, 0.2) is 83.3 Å². The van der Waals surface area contributed by atoms with Gasteiger partial charge in [0.1, 0.15) is 12.4 Å². The summed E-state index contributed by atoms with van der Waals surface area (Å²) >= 11 is 3.58. The molecule has 1 aromatic heterocycles. The van der Waals surface area contributed by atoms with Gasteiger partial charge in [0.2, 0.25) is 0 Å². The minimum atomic E-state index is -0.939. The van der Waals surface area contributed by atoms with Crippen molar-refractivity contribution in [3.05, 3.63) is 106 Å². The third kappa shape index (κ3) is 4.57. The number of aryl methyl sites for hydroxylation is 2. The molecule has 5 heteroatoms. The van der Waals surface area contributed by atoms with E-state index in [4.69, 9.17) is 4.74 Å². The number of aromatic carboxylic acids is 1. The molecular weight excluding hydrogens is 454 g/mol. The average Bonchev–Trinajstić information content (AvgIpc) is 3.14. The second kappa shape index (κ2) is 8.82. The maximum Gasteiger partial charge on any atom is 0.335 e. The molecule has 31 heavy (non-hydrogen) atoms. The molecule has 4 rings (SSSR count). The molecule has 0 radical (unpaired) electrons. The zero-order valence-electron chi connectivity index (χ0n) is 17.3. The standard InChI is InChI=1S/C26H22BrNO3/c1-17-12-20(26(29)30)14-22(13-17)28-18(2)8-10-24(28)23-15-21(27)9-11-25(23)31-16-19-6-4-3-5-7-19/h3-15H,16H2,1-2H3,(H,29,30). The summed E-state index contributed by atoms with van der Waals surface area (Å²) in [7, 11) is 0. The Morgan fingerprint density at radius 1 is 0.968 bits per heavy atom. The predicted octanol–water partition coefficient (Wildman–Crippen LogP) is 6.80. The van der Waals surface area contributed by atoms with Gasteiger partial charge in [-0.25, -0.2) is 4.79 Å². The van der Waals surface area contributed by atoms with Crippen molar-refractivity contribution in [2.45, 2.75) is 20.5 Å². The van der Waals surface area contributed by atoms with Crippen molar-refractivity contribution in [2.75, 3.05) is 0 Å². The van der Waals surface area contributed by atoms with E-state index < -0.39 is 5.97 Å². The molecule has 4 nitrogen and oxygen atoms in total. The van der Waals surface area contributed by atoms with E-state index in [9.17, 15) is 9.90 Å². The zero-order chi connectivity index (χ0) is 22.0. The van der Waals surface area contributed by atoms with Crippen molar-refractivity contribution in [1.82, 2.24) is 4.57 Å². The molecule has 0 saturated heterocycles. The van der Waals surface area contributed by atoms with Crippen LogP contribution in [0.4, 0.5) is 0 Å². The number of benzene rings is 3. The van der Waals surface area contributed by atoms with Gasteiger partial charge >= 0.3 is 5.97 Å². The van der Waals surface area contributed by atoms with Gasteiger partial charge in [-0.1, -0.05) is 46.3 Å². The highest BCUT2D eigenvalue weighted by atomic mass is 79.9. The lowest BCUT2D eigenvalue weighted by Crippen LogP contribution is -2.04. The first-order valence-electron chi connectivity index (χ1n) is 9.93. The Morgan fingerprint density at radius 3 is 2.48 bits per heavy atom. The van der Waals surface area contributed by atoms with E-state index in [0.29, 0.717) is 6.61 Å². The summed E-state index contributed by atoms with van der Waals surface area (Å²) < 4.78 is 9.20. The smallest absolute Gasteiger partial charge is 0.335 e. The molecule has 1 heterocycles. The second-order valence-corrected chi connectivity index (χ2v) is 8.39. The van der Waals surface area contributed by atoms with Crippen molar-refractivity contribution < 1.29 is 14.6 Å². The van der Waals surface area contributed by atoms with E-state index in [2.05, 4.69) is 20.5 Å². The highest BCUT2D eigenvalue weighted by molar-refractivity contribution is 9.10. The van der Waals surface area contributed by atoms with Crippen LogP contribution in [0.1, 0.15) is 27.2 Å². The molecule has 1 N–H and O–H groups in total. The molecule has 0 aliphatic heterocycles. The first kappa shape index (κ1) is 20.9. The maximum atomic E-state index is 11.6. The van der Waals surface area contributed by atoms with Crippen LogP contribution in [0, 0.1) is 13.8 Å². The van der Waals surface area contributed by atoms with Gasteiger partial charge in [0, 0.05) is 21.4 Å². The number of rotatable bonds is 6. The Labute approximate surface area is 189 Å². The highest BCUT2D eigenvalue weighted by Gasteiger charge is 2.16. The van der Waals surface area contributed by atoms with E-state index in [1.54, 1.807) is 12.1 Å². The van der Waals surface area contributed by atoms with Gasteiger partial charge in [0.05, 0.1) is 11.3 Å². The van der Waals surface area contributed by atoms with Crippen LogP contribution in [-0.2, 0) is 6.61 Å². The molecule has 0 atom stereocenters. The van der Waals surface area contributed by atoms with Crippen molar-refractivity contribution in [1.29, 1.82) is 0 Å². The summed E-state index contributed by atoms with van der Waals surface area (Å²) in [6.07, 6.45) is 0. The Kier molecular flexibility index (Phi) is 5.96. The van der Waals surface area contributed by atoms with Gasteiger partial charge in [-0.05, 0) is 73.5 Å². The average molecular weight is 476 g/mol. The summed E-state index contributed by atoms with van der Waals surface area (Å²) in [6, 6.07) is 25.4. The van der Waals surface area contributed by atoms with Gasteiger partial charge < -0.3 is 14.4 Å². The van der Waals surface area contributed by atoms with Gasteiger partial charge in [-0.2, -0.15) is 0 Å². The van der Waals surface area contributed by atoms with Crippen LogP contribution in [0.2, 0.25) is 0 Å². The van der Waals surface area contributed by atoms with Crippen molar-refractivity contribution in [3.63, 3.8) is 0 Å². The van der Waals surface area contributed by atoms with Gasteiger partial charge in [0.15, 0.2) is 0 Å². The van der Waals surface area contributed by atoms with Crippen LogP contribution >= 0.6 is 15.9 Å². The Bertz CT molecular complexity index is 1250. The number of carboxylic acids is 1. The van der Waals surface area contributed by atoms with Gasteiger partial charge in [-0.3, -0.25) is 0 Å². The molecule has 3 aromatic carbocycles. The SMILES string of the molecule is Cc1cc(C(=O)O)cc(-n2c(C)ccc2-c2cc(Br)ccc2OCc2ccccc2)c1. The number of nitrogens with zero attached hydrogens (tertiary/aromatic N) is 1. The van der Waals surface area contributed by atoms with E-state index in [1.807, 2.05) is 80.6 Å². The molecule has 4 aromatic rings. The molecule has 0 fully saturated rings. The lowest BCUT2D eigenvalue weighted by atomic mass is 10.1. The fourth-order valence-electron chi connectivity index (χ4n) is 3.67. The number of carboxylic acid groups (broad SMARTS) is 1. The Morgan fingerprint density at radius 2 is 1.74 bits per heavy atom. The molecule has 0 aliphatic carbocycles. The highest BCUT2D eigenvalue weighted by Crippen LogP contribution is 2.36. The van der Waals surface area contributed by atoms with Crippen LogP contribution in [0.25, 0.3) is 16.9 Å². The number of ether oxygens (including phenoxy) is 1. The third-order valence-electron chi connectivity index (χ3n) is 5.10. The fourth-order valence-corrected chi connectivity index (χ4v) is 4.03. The summed E-state index contributed by atoms with van der Waals surface area (Å²) in [6.45, 7) is 4.37. The summed E-state index contributed by atoms with van der Waals surface area (Å²) in [4.78, 5) is 11.6. The Balaban J connectivity index is 1.80. The van der Waals surface area contributed by atoms with Crippen molar-refractivity contribution in [2.24, 2.45) is 0 Å². The fraction of sp³-hybridized carbons (Fsp3) is 0.115. The lowest BCUT2D eigenvalue weighted by Gasteiger charge is -2.17. The first-order valence-corrected chi connectivity index (χ1v) is 10.7. The third-order valence-corrected chi connectivity index (χ3v) is 5.59. The molecule has 0 bridgehead atoms. The maximum absolute atomic E-state index is 11.6. The molecule has 0 aliphatic rings. The van der Waals surface area contributed by atoms with E-state index >= 15 is 0 Å². The Hall–Kier alpha value is -3.31. The lowest BCUT2D eigenvalue weighted by molar-refractivity contribution is 0.0696. The normalized spacial score (nSPS) is 10.8. The number of carbonyl (C=O) groups is 1. The van der Waals surface area contributed by atoms with Gasteiger partial charge in [-0.15, -0.1) is 0 Å². The molecule has 0 amide bonds. The minimum absolute atomic E-state index is 0.267. The molecular formula is C26H22BrNO3. The van der Waals surface area contributed by atoms with Gasteiger partial charge in [0.25, 0.3) is 0 Å². The molecule has 0 saturated carbocycles. The predicted molar refractivity (Wildman–Crippen MR) is 126 cm³/mol. The van der Waals surface area contributed by atoms with E-state index in [-0.39, 0.29) is 5.56 Å². The van der Waals surface area contributed by atoms with Crippen LogP contribution in [0.3, 0.4) is 0 Å².